The van der Waals surface area contributed by atoms with E-state index in [0.717, 1.165) is 11.1 Å². The van der Waals surface area contributed by atoms with Crippen molar-refractivity contribution < 1.29 is 9.90 Å². The highest BCUT2D eigenvalue weighted by Gasteiger charge is 2.38. The van der Waals surface area contributed by atoms with Gasteiger partial charge in [-0.1, -0.05) is 53.0 Å². The summed E-state index contributed by atoms with van der Waals surface area (Å²) in [4.78, 5) is 14.5. The van der Waals surface area contributed by atoms with Crippen molar-refractivity contribution in [2.45, 2.75) is 31.7 Å². The lowest BCUT2D eigenvalue weighted by atomic mass is 10.1. The lowest BCUT2D eigenvalue weighted by Gasteiger charge is -2.24. The summed E-state index contributed by atoms with van der Waals surface area (Å²) in [6, 6.07) is 11.9. The quantitative estimate of drug-likeness (QED) is 0.570. The Kier molecular flexibility index (Phi) is 6.67. The number of nitrogens with zero attached hydrogens (tertiary/aromatic N) is 4. The number of rotatable bonds is 5. The zero-order chi connectivity index (χ0) is 22.0. The van der Waals surface area contributed by atoms with Crippen LogP contribution >= 0.6 is 34.8 Å². The zero-order valence-electron chi connectivity index (χ0n) is 16.4. The first-order chi connectivity index (χ1) is 14.9. The van der Waals surface area contributed by atoms with Crippen LogP contribution in [0.3, 0.4) is 0 Å². The number of halogens is 3. The number of urea groups is 1. The summed E-state index contributed by atoms with van der Waals surface area (Å²) in [6.07, 6.45) is 1.36. The highest BCUT2D eigenvalue weighted by Crippen LogP contribution is 2.31. The molecule has 1 aliphatic heterocycles. The van der Waals surface area contributed by atoms with Gasteiger partial charge in [0.25, 0.3) is 0 Å². The van der Waals surface area contributed by atoms with Gasteiger partial charge in [0.2, 0.25) is 0 Å². The molecule has 3 aromatic rings. The first kappa shape index (κ1) is 21.9. The van der Waals surface area contributed by atoms with Crippen LogP contribution in [0.5, 0.6) is 0 Å². The first-order valence-electron chi connectivity index (χ1n) is 9.69. The molecule has 0 saturated carbocycles. The molecule has 2 N–H and O–H groups in total. The van der Waals surface area contributed by atoms with Gasteiger partial charge >= 0.3 is 6.03 Å². The maximum absolute atomic E-state index is 12.9. The van der Waals surface area contributed by atoms with Gasteiger partial charge in [0.15, 0.2) is 5.82 Å². The number of amides is 2. The standard InChI is InChI=1S/C21H20Cl3N5O2/c22-15-4-1-13(2-5-15)10-28-12-26-27-20(28)19-8-17(30)11-29(19)21(31)25-9-14-3-6-16(23)7-18(14)24/h1-7,12,17,19,30H,8-11H2,(H,25,31)/t17-,19-/m1/s1. The van der Waals surface area contributed by atoms with E-state index < -0.39 is 12.1 Å². The Morgan fingerprint density at radius 2 is 1.87 bits per heavy atom. The SMILES string of the molecule is O=C(NCc1ccc(Cl)cc1Cl)N1C[C@H](O)C[C@@H]1c1nncn1Cc1ccc(Cl)cc1. The lowest BCUT2D eigenvalue weighted by molar-refractivity contribution is 0.169. The summed E-state index contributed by atoms with van der Waals surface area (Å²) in [5, 5.41) is 23.1. The van der Waals surface area contributed by atoms with Crippen molar-refractivity contribution in [2.75, 3.05) is 6.54 Å². The van der Waals surface area contributed by atoms with Crippen molar-refractivity contribution in [1.82, 2.24) is 25.0 Å². The monoisotopic (exact) mass is 479 g/mol. The molecule has 7 nitrogen and oxygen atoms in total. The Balaban J connectivity index is 1.48. The predicted octanol–water partition coefficient (Wildman–Crippen LogP) is 4.30. The number of aliphatic hydroxyl groups excluding tert-OH is 1. The van der Waals surface area contributed by atoms with E-state index in [1.807, 2.05) is 28.8 Å². The molecule has 1 aromatic heterocycles. The van der Waals surface area contributed by atoms with Gasteiger partial charge in [-0.2, -0.15) is 0 Å². The number of aliphatic hydroxyl groups is 1. The fraction of sp³-hybridized carbons (Fsp3) is 0.286. The summed E-state index contributed by atoms with van der Waals surface area (Å²) in [5.41, 5.74) is 1.78. The number of nitrogens with one attached hydrogen (secondary N) is 1. The van der Waals surface area contributed by atoms with Crippen molar-refractivity contribution in [3.05, 3.63) is 80.8 Å². The minimum absolute atomic E-state index is 0.207. The average Bonchev–Trinajstić information content (AvgIpc) is 3.35. The van der Waals surface area contributed by atoms with Gasteiger partial charge in [-0.25, -0.2) is 4.79 Å². The van der Waals surface area contributed by atoms with Crippen LogP contribution < -0.4 is 5.32 Å². The number of carbonyl (C=O) groups excluding carboxylic acids is 1. The number of aromatic nitrogens is 3. The number of likely N-dealkylation sites (tertiary alicyclic amines) is 1. The molecule has 2 atom stereocenters. The minimum Gasteiger partial charge on any atom is -0.391 e. The molecule has 0 spiro atoms. The smallest absolute Gasteiger partial charge is 0.318 e. The zero-order valence-corrected chi connectivity index (χ0v) is 18.6. The number of hydrogen-bond acceptors (Lipinski definition) is 4. The van der Waals surface area contributed by atoms with Crippen molar-refractivity contribution in [1.29, 1.82) is 0 Å². The van der Waals surface area contributed by atoms with Crippen molar-refractivity contribution in [3.63, 3.8) is 0 Å². The van der Waals surface area contributed by atoms with E-state index in [0.29, 0.717) is 33.9 Å². The largest absolute Gasteiger partial charge is 0.391 e. The second-order valence-electron chi connectivity index (χ2n) is 7.40. The summed E-state index contributed by atoms with van der Waals surface area (Å²) in [5.74, 6) is 0.617. The van der Waals surface area contributed by atoms with Crippen LogP contribution in [-0.4, -0.2) is 43.5 Å². The van der Waals surface area contributed by atoms with Crippen LogP contribution in [0.15, 0.2) is 48.8 Å². The second kappa shape index (κ2) is 9.44. The number of hydrogen-bond donors (Lipinski definition) is 2. The highest BCUT2D eigenvalue weighted by molar-refractivity contribution is 6.35. The van der Waals surface area contributed by atoms with Gasteiger partial charge in [-0.05, 0) is 35.4 Å². The Morgan fingerprint density at radius 1 is 1.13 bits per heavy atom. The Hall–Kier alpha value is -2.32. The van der Waals surface area contributed by atoms with Crippen LogP contribution in [0.25, 0.3) is 0 Å². The second-order valence-corrected chi connectivity index (χ2v) is 8.68. The fourth-order valence-electron chi connectivity index (χ4n) is 3.65. The van der Waals surface area contributed by atoms with E-state index in [1.165, 1.54) is 0 Å². The van der Waals surface area contributed by atoms with Gasteiger partial charge in [0, 0.05) is 34.6 Å². The normalized spacial score (nSPS) is 18.4. The number of carbonyl (C=O) groups is 1. The molecule has 162 valence electrons. The van der Waals surface area contributed by atoms with Crippen LogP contribution in [0.1, 0.15) is 29.4 Å². The molecule has 0 bridgehead atoms. The predicted molar refractivity (Wildman–Crippen MR) is 119 cm³/mol. The lowest BCUT2D eigenvalue weighted by Crippen LogP contribution is -2.40. The molecule has 0 unspecified atom stereocenters. The van der Waals surface area contributed by atoms with Gasteiger partial charge < -0.3 is 19.9 Å². The van der Waals surface area contributed by atoms with E-state index in [-0.39, 0.29) is 19.1 Å². The molecule has 10 heteroatoms. The van der Waals surface area contributed by atoms with E-state index in [1.54, 1.807) is 29.4 Å². The number of β-amino-alcohol motifs (C(OH)–C–C–N with tert-alkyl or cyclic N) is 1. The van der Waals surface area contributed by atoms with Crippen LogP contribution in [-0.2, 0) is 13.1 Å². The van der Waals surface area contributed by atoms with Crippen LogP contribution in [0.4, 0.5) is 4.79 Å². The molecule has 0 aliphatic carbocycles. The third-order valence-electron chi connectivity index (χ3n) is 5.19. The molecule has 1 saturated heterocycles. The fourth-order valence-corrected chi connectivity index (χ4v) is 4.25. The van der Waals surface area contributed by atoms with Crippen LogP contribution in [0.2, 0.25) is 15.1 Å². The molecule has 1 aliphatic rings. The number of benzene rings is 2. The van der Waals surface area contributed by atoms with E-state index in [2.05, 4.69) is 15.5 Å². The Morgan fingerprint density at radius 3 is 2.61 bits per heavy atom. The molecule has 4 rings (SSSR count). The van der Waals surface area contributed by atoms with Gasteiger partial charge in [-0.15, -0.1) is 10.2 Å². The molecular weight excluding hydrogens is 461 g/mol. The summed E-state index contributed by atoms with van der Waals surface area (Å²) < 4.78 is 1.88. The topological polar surface area (TPSA) is 83.3 Å². The Bertz CT molecular complexity index is 1070. The van der Waals surface area contributed by atoms with E-state index in [9.17, 15) is 9.90 Å². The Labute approximate surface area is 194 Å². The van der Waals surface area contributed by atoms with Crippen molar-refractivity contribution >= 4 is 40.8 Å². The van der Waals surface area contributed by atoms with Crippen LogP contribution in [0, 0.1) is 0 Å². The van der Waals surface area contributed by atoms with Crippen molar-refractivity contribution in [3.8, 4) is 0 Å². The van der Waals surface area contributed by atoms with Gasteiger partial charge in [0.1, 0.15) is 6.33 Å². The third-order valence-corrected chi connectivity index (χ3v) is 6.03. The third kappa shape index (κ3) is 5.13. The summed E-state index contributed by atoms with van der Waals surface area (Å²) >= 11 is 18.1. The average molecular weight is 481 g/mol. The molecular formula is C21H20Cl3N5O2. The minimum atomic E-state index is -0.643. The maximum atomic E-state index is 12.9. The summed E-state index contributed by atoms with van der Waals surface area (Å²) in [6.45, 7) is 0.978. The first-order valence-corrected chi connectivity index (χ1v) is 10.8. The molecule has 0 radical (unpaired) electrons. The highest BCUT2D eigenvalue weighted by atomic mass is 35.5. The molecule has 1 fully saturated rings. The molecule has 2 aromatic carbocycles. The molecule has 31 heavy (non-hydrogen) atoms. The van der Waals surface area contributed by atoms with E-state index in [4.69, 9.17) is 34.8 Å². The van der Waals surface area contributed by atoms with Gasteiger partial charge in [0.05, 0.1) is 18.7 Å². The van der Waals surface area contributed by atoms with Gasteiger partial charge in [-0.3, -0.25) is 0 Å². The van der Waals surface area contributed by atoms with Crippen molar-refractivity contribution in [2.24, 2.45) is 0 Å². The molecule has 2 heterocycles. The molecule has 2 amide bonds. The maximum Gasteiger partial charge on any atom is 0.318 e. The summed E-state index contributed by atoms with van der Waals surface area (Å²) in [7, 11) is 0. The van der Waals surface area contributed by atoms with E-state index >= 15 is 0 Å².